The van der Waals surface area contributed by atoms with Gasteiger partial charge in [-0.25, -0.2) is 4.39 Å². The van der Waals surface area contributed by atoms with Gasteiger partial charge in [0.05, 0.1) is 12.2 Å². The molecule has 1 aliphatic heterocycles. The lowest BCUT2D eigenvalue weighted by Crippen LogP contribution is -2.48. The van der Waals surface area contributed by atoms with Crippen LogP contribution in [0.15, 0.2) is 24.3 Å². The van der Waals surface area contributed by atoms with Gasteiger partial charge < -0.3 is 10.0 Å². The Labute approximate surface area is 111 Å². The van der Waals surface area contributed by atoms with E-state index in [-0.39, 0.29) is 24.8 Å². The third-order valence-corrected chi connectivity index (χ3v) is 2.92. The van der Waals surface area contributed by atoms with E-state index < -0.39 is 5.97 Å². The molecule has 4 nitrogen and oxygen atoms in total. The molecule has 0 bridgehead atoms. The summed E-state index contributed by atoms with van der Waals surface area (Å²) in [5, 5.41) is 8.68. The van der Waals surface area contributed by atoms with Gasteiger partial charge in [-0.3, -0.25) is 9.69 Å². The molecule has 6 heteroatoms. The Balaban J connectivity index is 0.00000162. The van der Waals surface area contributed by atoms with E-state index in [1.54, 1.807) is 12.1 Å². The number of piperazine rings is 1. The van der Waals surface area contributed by atoms with Gasteiger partial charge in [0.15, 0.2) is 0 Å². The third kappa shape index (κ3) is 3.58. The molecule has 1 heterocycles. The van der Waals surface area contributed by atoms with Crippen LogP contribution in [0.4, 0.5) is 10.1 Å². The van der Waals surface area contributed by atoms with Crippen molar-refractivity contribution in [2.75, 3.05) is 37.6 Å². The van der Waals surface area contributed by atoms with Crippen molar-refractivity contribution >= 4 is 24.1 Å². The first kappa shape index (κ1) is 14.7. The van der Waals surface area contributed by atoms with Gasteiger partial charge in [0.2, 0.25) is 0 Å². The van der Waals surface area contributed by atoms with Crippen LogP contribution >= 0.6 is 12.4 Å². The molecule has 0 unspecified atom stereocenters. The largest absolute Gasteiger partial charge is 0.480 e. The predicted molar refractivity (Wildman–Crippen MR) is 69.9 cm³/mol. The second-order valence-electron chi connectivity index (χ2n) is 4.11. The van der Waals surface area contributed by atoms with Crippen molar-refractivity contribution < 1.29 is 14.3 Å². The van der Waals surface area contributed by atoms with Gasteiger partial charge in [0.1, 0.15) is 5.82 Å². The summed E-state index contributed by atoms with van der Waals surface area (Å²) in [4.78, 5) is 14.4. The number of nitrogens with zero attached hydrogens (tertiary/aromatic N) is 2. The van der Waals surface area contributed by atoms with Crippen molar-refractivity contribution in [1.82, 2.24) is 4.90 Å². The molecular formula is C12H16ClFN2O2. The Kier molecular flexibility index (Phi) is 5.37. The summed E-state index contributed by atoms with van der Waals surface area (Å²) >= 11 is 0. The molecule has 1 fully saturated rings. The Hall–Kier alpha value is -1.33. The van der Waals surface area contributed by atoms with Gasteiger partial charge in [-0.15, -0.1) is 12.4 Å². The summed E-state index contributed by atoms with van der Waals surface area (Å²) in [6.45, 7) is 2.69. The number of rotatable bonds is 3. The highest BCUT2D eigenvalue weighted by molar-refractivity contribution is 5.85. The fraction of sp³-hybridized carbons (Fsp3) is 0.417. The van der Waals surface area contributed by atoms with Crippen LogP contribution in [0.1, 0.15) is 0 Å². The molecule has 0 aliphatic carbocycles. The van der Waals surface area contributed by atoms with Crippen LogP contribution in [-0.2, 0) is 4.79 Å². The van der Waals surface area contributed by atoms with Gasteiger partial charge >= 0.3 is 5.97 Å². The van der Waals surface area contributed by atoms with Crippen molar-refractivity contribution in [3.63, 3.8) is 0 Å². The highest BCUT2D eigenvalue weighted by atomic mass is 35.5. The second-order valence-corrected chi connectivity index (χ2v) is 4.11. The summed E-state index contributed by atoms with van der Waals surface area (Å²) in [7, 11) is 0. The standard InChI is InChI=1S/C12H15FN2O2.ClH/c13-10-3-1-2-4-11(10)15-7-5-14(6-8-15)9-12(16)17;/h1-4H,5-9H2,(H,16,17);1H. The van der Waals surface area contributed by atoms with E-state index in [1.165, 1.54) is 6.07 Å². The normalized spacial score (nSPS) is 16.2. The van der Waals surface area contributed by atoms with Gasteiger partial charge in [0, 0.05) is 26.2 Å². The number of para-hydroxylation sites is 1. The van der Waals surface area contributed by atoms with Crippen molar-refractivity contribution in [3.05, 3.63) is 30.1 Å². The topological polar surface area (TPSA) is 43.8 Å². The summed E-state index contributed by atoms with van der Waals surface area (Å²) in [6.07, 6.45) is 0. The highest BCUT2D eigenvalue weighted by Gasteiger charge is 2.20. The smallest absolute Gasteiger partial charge is 0.317 e. The maximum absolute atomic E-state index is 13.5. The maximum atomic E-state index is 13.5. The van der Waals surface area contributed by atoms with E-state index >= 15 is 0 Å². The first-order valence-electron chi connectivity index (χ1n) is 5.60. The molecule has 2 rings (SSSR count). The minimum atomic E-state index is -0.815. The van der Waals surface area contributed by atoms with Crippen LogP contribution in [0.2, 0.25) is 0 Å². The maximum Gasteiger partial charge on any atom is 0.317 e. The predicted octanol–water partition coefficient (Wildman–Crippen LogP) is 1.45. The van der Waals surface area contributed by atoms with Gasteiger partial charge in [0.25, 0.3) is 0 Å². The molecule has 0 radical (unpaired) electrons. The Morgan fingerprint density at radius 3 is 2.39 bits per heavy atom. The molecule has 1 aromatic carbocycles. The lowest BCUT2D eigenvalue weighted by Gasteiger charge is -2.35. The fourth-order valence-electron chi connectivity index (χ4n) is 2.05. The molecule has 1 saturated heterocycles. The Morgan fingerprint density at radius 1 is 1.22 bits per heavy atom. The first-order valence-corrected chi connectivity index (χ1v) is 5.60. The van der Waals surface area contributed by atoms with Gasteiger partial charge in [-0.05, 0) is 12.1 Å². The molecule has 1 N–H and O–H groups in total. The van der Waals surface area contributed by atoms with Crippen LogP contribution in [0.5, 0.6) is 0 Å². The minimum Gasteiger partial charge on any atom is -0.480 e. The summed E-state index contributed by atoms with van der Waals surface area (Å²) < 4.78 is 13.5. The third-order valence-electron chi connectivity index (χ3n) is 2.92. The highest BCUT2D eigenvalue weighted by Crippen LogP contribution is 2.19. The van der Waals surface area contributed by atoms with Crippen molar-refractivity contribution in [1.29, 1.82) is 0 Å². The molecule has 0 amide bonds. The van der Waals surface area contributed by atoms with Crippen molar-refractivity contribution in [2.24, 2.45) is 0 Å². The number of anilines is 1. The molecule has 1 aromatic rings. The van der Waals surface area contributed by atoms with E-state index in [4.69, 9.17) is 5.11 Å². The molecule has 0 spiro atoms. The lowest BCUT2D eigenvalue weighted by atomic mass is 10.2. The molecule has 1 aliphatic rings. The number of carbonyl (C=O) groups is 1. The van der Waals surface area contributed by atoms with Gasteiger partial charge in [-0.2, -0.15) is 0 Å². The number of hydrogen-bond donors (Lipinski definition) is 1. The monoisotopic (exact) mass is 274 g/mol. The summed E-state index contributed by atoms with van der Waals surface area (Å²) in [5.74, 6) is -1.04. The zero-order valence-electron chi connectivity index (χ0n) is 9.88. The number of carboxylic acid groups (broad SMARTS) is 1. The van der Waals surface area contributed by atoms with E-state index in [0.717, 1.165) is 0 Å². The second kappa shape index (κ2) is 6.56. The zero-order valence-corrected chi connectivity index (χ0v) is 10.7. The summed E-state index contributed by atoms with van der Waals surface area (Å²) in [6, 6.07) is 6.67. The molecule has 0 aromatic heterocycles. The minimum absolute atomic E-state index is 0. The molecule has 0 saturated carbocycles. The molecule has 100 valence electrons. The van der Waals surface area contributed by atoms with Crippen molar-refractivity contribution in [2.45, 2.75) is 0 Å². The van der Waals surface area contributed by atoms with Crippen LogP contribution in [-0.4, -0.2) is 48.7 Å². The SMILES string of the molecule is Cl.O=C(O)CN1CCN(c2ccccc2F)CC1. The average molecular weight is 275 g/mol. The molecule has 0 atom stereocenters. The summed E-state index contributed by atoms with van der Waals surface area (Å²) in [5.41, 5.74) is 0.600. The van der Waals surface area contributed by atoms with Crippen LogP contribution in [0.25, 0.3) is 0 Å². The first-order chi connectivity index (χ1) is 8.16. The average Bonchev–Trinajstić information content (AvgIpc) is 2.30. The number of carboxylic acids is 1. The van der Waals surface area contributed by atoms with Crippen LogP contribution in [0, 0.1) is 5.82 Å². The van der Waals surface area contributed by atoms with Crippen LogP contribution in [0.3, 0.4) is 0 Å². The number of benzene rings is 1. The number of aliphatic carboxylic acids is 1. The van der Waals surface area contributed by atoms with Crippen molar-refractivity contribution in [3.8, 4) is 0 Å². The Morgan fingerprint density at radius 2 is 1.83 bits per heavy atom. The molecular weight excluding hydrogens is 259 g/mol. The quantitative estimate of drug-likeness (QED) is 0.906. The van der Waals surface area contributed by atoms with E-state index in [2.05, 4.69) is 0 Å². The van der Waals surface area contributed by atoms with E-state index in [9.17, 15) is 9.18 Å². The lowest BCUT2D eigenvalue weighted by molar-refractivity contribution is -0.138. The van der Waals surface area contributed by atoms with Crippen LogP contribution < -0.4 is 4.90 Å². The Bertz CT molecular complexity index is 409. The van der Waals surface area contributed by atoms with E-state index in [0.29, 0.717) is 31.9 Å². The molecule has 18 heavy (non-hydrogen) atoms. The zero-order chi connectivity index (χ0) is 12.3. The van der Waals surface area contributed by atoms with E-state index in [1.807, 2.05) is 15.9 Å². The van der Waals surface area contributed by atoms with Gasteiger partial charge in [-0.1, -0.05) is 12.1 Å². The fourth-order valence-corrected chi connectivity index (χ4v) is 2.05. The number of hydrogen-bond acceptors (Lipinski definition) is 3. The number of halogens is 2.